The van der Waals surface area contributed by atoms with E-state index in [9.17, 15) is 83.2 Å². The molecule has 4 aromatic rings. The van der Waals surface area contributed by atoms with E-state index in [2.05, 4.69) is 48.3 Å². The van der Waals surface area contributed by atoms with Gasteiger partial charge in [-0.15, -0.1) is 0 Å². The number of carbonyl (C=O) groups excluding carboxylic acids is 6. The summed E-state index contributed by atoms with van der Waals surface area (Å²) in [7, 11) is 0. The van der Waals surface area contributed by atoms with E-state index >= 15 is 0 Å². The van der Waals surface area contributed by atoms with Crippen molar-refractivity contribution < 1.29 is 72.7 Å². The van der Waals surface area contributed by atoms with Gasteiger partial charge < -0.3 is 31.1 Å². The van der Waals surface area contributed by atoms with Gasteiger partial charge in [0, 0.05) is 59.8 Å². The SMILES string of the molecule is CC(C)(C)[C@H](NC(=O)C(F)(F)F)C(=O)N1CCCC1C(=O)NC(C#N)c1cncc2cc(F)c(F)cc12.CC1CN(C(=O)[C@@H](NC(=O)C(F)(F)F)C(C)(C)C)C(C(=O)NC(C#N)c2cncc3c(F)c(F)ccc23)C1C.CCC.CCC. The molecule has 2 aliphatic heterocycles. The Kier molecular flexibility index (Phi) is 23.7. The standard InChI is InChI=1S/C26H28F5N5O3.C24H24F5N5O3.2C3H8/c1-12-11-36(23(38)21(25(3,4)5)35-24(39)26(29,30)31)20(13(12)2)22(37)34-18(8-32)15-9-33-10-16-14(15)6-7-17(27)19(16)28;1-23(2,3)19(33-22(37)24(27,28)29)21(36)34-6-4-5-18(34)20(35)32-17(9-30)14-11-31-10-12-7-15(25)16(26)8-13(12)14;2*1-3-2/h6-7,9-10,12-13,18,20-21H,11H2,1-5H3,(H,34,37)(H,35,39);7-8,10-11,17-19H,4-6H2,1-3H3,(H,32,35)(H,33,37);2*3H2,1-2H3/t12?,13?,18?,20?,21-;17?,18?,19-;;/m11../s1. The molecule has 6 rings (SSSR count). The minimum absolute atomic E-state index is 0.0179. The highest BCUT2D eigenvalue weighted by atomic mass is 19.4. The Morgan fingerprint density at radius 3 is 1.55 bits per heavy atom. The van der Waals surface area contributed by atoms with E-state index in [0.717, 1.165) is 34.2 Å². The highest BCUT2D eigenvalue weighted by Crippen LogP contribution is 2.35. The number of rotatable bonds is 10. The lowest BCUT2D eigenvalue weighted by Crippen LogP contribution is -2.60. The van der Waals surface area contributed by atoms with Crippen LogP contribution in [0, 0.1) is 68.6 Å². The third-order valence-electron chi connectivity index (χ3n) is 13.0. The molecule has 82 heavy (non-hydrogen) atoms. The first-order valence-corrected chi connectivity index (χ1v) is 26.2. The van der Waals surface area contributed by atoms with Gasteiger partial charge in [0.05, 0.1) is 12.1 Å². The second-order valence-electron chi connectivity index (χ2n) is 22.0. The van der Waals surface area contributed by atoms with Crippen LogP contribution in [-0.4, -0.2) is 105 Å². The van der Waals surface area contributed by atoms with Crippen LogP contribution in [0.3, 0.4) is 0 Å². The third kappa shape index (κ3) is 17.0. The van der Waals surface area contributed by atoms with Crippen LogP contribution in [0.2, 0.25) is 0 Å². The summed E-state index contributed by atoms with van der Waals surface area (Å²) in [6, 6.07) is -0.591. The lowest BCUT2D eigenvalue weighted by Gasteiger charge is -2.36. The van der Waals surface area contributed by atoms with Crippen LogP contribution in [0.15, 0.2) is 49.1 Å². The van der Waals surface area contributed by atoms with Gasteiger partial charge in [0.15, 0.2) is 23.3 Å². The molecular formula is C56H68F10N10O6. The maximum atomic E-state index is 14.3. The van der Waals surface area contributed by atoms with Gasteiger partial charge in [-0.2, -0.15) is 36.9 Å². The molecule has 2 fully saturated rings. The molecule has 6 unspecified atom stereocenters. The summed E-state index contributed by atoms with van der Waals surface area (Å²) in [5.41, 5.74) is -2.08. The normalized spacial score (nSPS) is 18.5. The number of likely N-dealkylation sites (tertiary alicyclic amines) is 2. The van der Waals surface area contributed by atoms with Gasteiger partial charge in [0.1, 0.15) is 36.3 Å². The molecule has 0 spiro atoms. The van der Waals surface area contributed by atoms with E-state index in [1.807, 2.05) is 12.1 Å². The van der Waals surface area contributed by atoms with Gasteiger partial charge in [0.25, 0.3) is 0 Å². The van der Waals surface area contributed by atoms with Crippen LogP contribution < -0.4 is 21.3 Å². The second-order valence-corrected chi connectivity index (χ2v) is 22.0. The molecule has 2 saturated heterocycles. The van der Waals surface area contributed by atoms with Crippen LogP contribution in [0.25, 0.3) is 21.5 Å². The van der Waals surface area contributed by atoms with Gasteiger partial charge in [-0.1, -0.05) is 102 Å². The highest BCUT2D eigenvalue weighted by molar-refractivity contribution is 5.96. The number of carbonyl (C=O) groups is 6. The molecule has 0 aliphatic carbocycles. The van der Waals surface area contributed by atoms with Crippen LogP contribution in [0.5, 0.6) is 0 Å². The van der Waals surface area contributed by atoms with Gasteiger partial charge in [-0.05, 0) is 64.5 Å². The first-order chi connectivity index (χ1) is 38.0. The number of halogens is 10. The zero-order chi connectivity index (χ0) is 62.6. The van der Waals surface area contributed by atoms with Crippen LogP contribution in [0.1, 0.15) is 132 Å². The van der Waals surface area contributed by atoms with E-state index in [0.29, 0.717) is 6.42 Å². The average molecular weight is 1170 g/mol. The Bertz CT molecular complexity index is 3040. The molecule has 2 aromatic carbocycles. The fourth-order valence-electron chi connectivity index (χ4n) is 8.83. The van der Waals surface area contributed by atoms with E-state index in [1.54, 1.807) is 24.5 Å². The maximum absolute atomic E-state index is 14.3. The summed E-state index contributed by atoms with van der Waals surface area (Å²) in [4.78, 5) is 86.6. The number of alkyl halides is 6. The van der Waals surface area contributed by atoms with Crippen molar-refractivity contribution in [3.63, 3.8) is 0 Å². The van der Waals surface area contributed by atoms with Crippen molar-refractivity contribution in [2.75, 3.05) is 13.1 Å². The fourth-order valence-corrected chi connectivity index (χ4v) is 8.83. The van der Waals surface area contributed by atoms with Crippen LogP contribution >= 0.6 is 0 Å². The predicted octanol–water partition coefficient (Wildman–Crippen LogP) is 9.88. The fraction of sp³-hybridized carbons (Fsp3) is 0.536. The Morgan fingerprint density at radius 2 is 1.07 bits per heavy atom. The predicted molar refractivity (Wildman–Crippen MR) is 282 cm³/mol. The number of fused-ring (bicyclic) bond motifs is 2. The molecule has 2 aromatic heterocycles. The number of aromatic nitrogens is 2. The molecule has 4 N–H and O–H groups in total. The first kappa shape index (κ1) is 68.6. The molecule has 0 saturated carbocycles. The maximum Gasteiger partial charge on any atom is 0.471 e. The van der Waals surface area contributed by atoms with E-state index in [4.69, 9.17) is 0 Å². The molecule has 2 aliphatic rings. The van der Waals surface area contributed by atoms with Crippen molar-refractivity contribution in [1.82, 2.24) is 41.0 Å². The monoisotopic (exact) mass is 1170 g/mol. The van der Waals surface area contributed by atoms with Gasteiger partial charge in [0.2, 0.25) is 23.6 Å². The minimum atomic E-state index is -5.22. The zero-order valence-corrected chi connectivity index (χ0v) is 47.4. The quantitative estimate of drug-likeness (QED) is 0.110. The number of benzene rings is 2. The summed E-state index contributed by atoms with van der Waals surface area (Å²) >= 11 is 0. The minimum Gasteiger partial charge on any atom is -0.336 e. The lowest BCUT2D eigenvalue weighted by molar-refractivity contribution is -0.176. The van der Waals surface area contributed by atoms with Crippen molar-refractivity contribution >= 4 is 57.0 Å². The average Bonchev–Trinajstić information content (AvgIpc) is 4.17. The van der Waals surface area contributed by atoms with Crippen molar-refractivity contribution in [3.8, 4) is 12.1 Å². The summed E-state index contributed by atoms with van der Waals surface area (Å²) in [6.45, 7) is 20.8. The van der Waals surface area contributed by atoms with E-state index in [-0.39, 0.29) is 58.1 Å². The number of nitrogens with zero attached hydrogens (tertiary/aromatic N) is 6. The van der Waals surface area contributed by atoms with Gasteiger partial charge >= 0.3 is 24.2 Å². The van der Waals surface area contributed by atoms with Crippen LogP contribution in [0.4, 0.5) is 43.9 Å². The Balaban J connectivity index is 0.000000393. The van der Waals surface area contributed by atoms with Crippen molar-refractivity contribution in [3.05, 3.63) is 83.4 Å². The molecule has 0 bridgehead atoms. The number of nitrogens with one attached hydrogen (secondary N) is 4. The molecule has 6 amide bonds. The summed E-state index contributed by atoms with van der Waals surface area (Å²) in [6.07, 6.45) is -2.64. The smallest absolute Gasteiger partial charge is 0.336 e. The second kappa shape index (κ2) is 28.4. The number of pyridine rings is 2. The Labute approximate surface area is 468 Å². The molecule has 0 radical (unpaired) electrons. The third-order valence-corrected chi connectivity index (χ3v) is 13.0. The number of nitriles is 2. The number of hydrogen-bond donors (Lipinski definition) is 4. The molecule has 16 nitrogen and oxygen atoms in total. The van der Waals surface area contributed by atoms with Crippen LogP contribution in [-0.2, 0) is 28.8 Å². The summed E-state index contributed by atoms with van der Waals surface area (Å²) in [5.74, 6) is -13.2. The Morgan fingerprint density at radius 1 is 0.622 bits per heavy atom. The first-order valence-electron chi connectivity index (χ1n) is 26.2. The summed E-state index contributed by atoms with van der Waals surface area (Å²) < 4.78 is 133. The number of amides is 6. The largest absolute Gasteiger partial charge is 0.471 e. The molecular weight excluding hydrogens is 1100 g/mol. The van der Waals surface area contributed by atoms with Crippen molar-refractivity contribution in [2.45, 2.75) is 157 Å². The van der Waals surface area contributed by atoms with Crippen molar-refractivity contribution in [2.24, 2.45) is 22.7 Å². The van der Waals surface area contributed by atoms with E-state index < -0.39 is 124 Å². The molecule has 26 heteroatoms. The van der Waals surface area contributed by atoms with Crippen molar-refractivity contribution in [1.29, 1.82) is 10.5 Å². The topological polar surface area (TPSA) is 230 Å². The molecule has 448 valence electrons. The highest BCUT2D eigenvalue weighted by Gasteiger charge is 2.51. The summed E-state index contributed by atoms with van der Waals surface area (Å²) in [5, 5.41) is 28.3. The lowest BCUT2D eigenvalue weighted by atomic mass is 9.85. The molecule has 4 heterocycles. The van der Waals surface area contributed by atoms with E-state index in [1.165, 1.54) is 79.0 Å². The van der Waals surface area contributed by atoms with Gasteiger partial charge in [-0.25, -0.2) is 17.6 Å². The zero-order valence-electron chi connectivity index (χ0n) is 47.4. The number of hydrogen-bond acceptors (Lipinski definition) is 10. The molecule has 8 atom stereocenters. The van der Waals surface area contributed by atoms with Gasteiger partial charge in [-0.3, -0.25) is 38.7 Å². The Hall–Kier alpha value is -7.64.